The highest BCUT2D eigenvalue weighted by molar-refractivity contribution is 6.13. The molecule has 10 aromatic rings. The molecule has 0 aliphatic carbocycles. The molecular weight excluding hydrogens is 623 g/mol. The Morgan fingerprint density at radius 1 is 0.314 bits per heavy atom. The standard InChI is InChI=1S/C47H29N3O/c1-2-12-32(13-3-1)45-48-46(50-47(49-45)39-23-21-31-11-5-7-15-34(31)27-39)38-17-8-16-37(28-38)40-18-9-19-42-44(40)41-25-24-36(29-43(41)51-42)35-22-20-30-10-4-6-14-33(30)26-35/h1-29H. The molecular formula is C47H29N3O. The molecule has 0 aliphatic rings. The van der Waals surface area contributed by atoms with Crippen LogP contribution in [0, 0.1) is 0 Å². The number of rotatable bonds is 5. The molecule has 0 radical (unpaired) electrons. The minimum Gasteiger partial charge on any atom is -0.456 e. The SMILES string of the molecule is c1ccc(-c2nc(-c3cccc(-c4cccc5oc6cc(-c7ccc8ccccc8c7)ccc6c45)c3)nc(-c3ccc4ccccc4c3)n2)cc1. The Bertz CT molecular complexity index is 2930. The zero-order valence-electron chi connectivity index (χ0n) is 27.5. The molecule has 0 N–H and O–H groups in total. The maximum atomic E-state index is 6.51. The first-order valence-electron chi connectivity index (χ1n) is 17.1. The van der Waals surface area contributed by atoms with Crippen LogP contribution in [0.3, 0.4) is 0 Å². The van der Waals surface area contributed by atoms with Crippen molar-refractivity contribution in [3.05, 3.63) is 176 Å². The summed E-state index contributed by atoms with van der Waals surface area (Å²) in [6.07, 6.45) is 0. The first kappa shape index (κ1) is 29.0. The fourth-order valence-corrected chi connectivity index (χ4v) is 7.12. The van der Waals surface area contributed by atoms with Gasteiger partial charge in [0.15, 0.2) is 17.5 Å². The molecule has 4 heteroatoms. The van der Waals surface area contributed by atoms with Crippen molar-refractivity contribution in [1.82, 2.24) is 15.0 Å². The van der Waals surface area contributed by atoms with Gasteiger partial charge in [0.25, 0.3) is 0 Å². The van der Waals surface area contributed by atoms with E-state index in [0.29, 0.717) is 17.5 Å². The molecule has 10 rings (SSSR count). The van der Waals surface area contributed by atoms with Gasteiger partial charge in [-0.3, -0.25) is 0 Å². The highest BCUT2D eigenvalue weighted by Gasteiger charge is 2.17. The van der Waals surface area contributed by atoms with E-state index in [1.165, 1.54) is 21.7 Å². The monoisotopic (exact) mass is 651 g/mol. The van der Waals surface area contributed by atoms with E-state index >= 15 is 0 Å². The number of hydrogen-bond donors (Lipinski definition) is 0. The van der Waals surface area contributed by atoms with Crippen LogP contribution in [0.1, 0.15) is 0 Å². The van der Waals surface area contributed by atoms with Gasteiger partial charge in [0, 0.05) is 27.5 Å². The maximum absolute atomic E-state index is 6.51. The molecule has 0 bridgehead atoms. The molecule has 2 heterocycles. The van der Waals surface area contributed by atoms with Gasteiger partial charge in [-0.15, -0.1) is 0 Å². The normalized spacial score (nSPS) is 11.5. The molecule has 0 aliphatic heterocycles. The number of furan rings is 1. The van der Waals surface area contributed by atoms with Crippen LogP contribution in [0.5, 0.6) is 0 Å². The summed E-state index contributed by atoms with van der Waals surface area (Å²) in [5, 5.41) is 6.95. The van der Waals surface area contributed by atoms with Gasteiger partial charge in [0.2, 0.25) is 0 Å². The molecule has 0 unspecified atom stereocenters. The smallest absolute Gasteiger partial charge is 0.164 e. The van der Waals surface area contributed by atoms with E-state index in [4.69, 9.17) is 19.4 Å². The third kappa shape index (κ3) is 5.22. The van der Waals surface area contributed by atoms with Gasteiger partial charge in [0.05, 0.1) is 0 Å². The summed E-state index contributed by atoms with van der Waals surface area (Å²) in [5.74, 6) is 1.90. The van der Waals surface area contributed by atoms with Crippen LogP contribution in [-0.4, -0.2) is 15.0 Å². The first-order chi connectivity index (χ1) is 25.2. The van der Waals surface area contributed by atoms with Crippen LogP contribution in [-0.2, 0) is 0 Å². The Balaban J connectivity index is 1.09. The zero-order chi connectivity index (χ0) is 33.7. The van der Waals surface area contributed by atoms with E-state index in [1.807, 2.05) is 36.4 Å². The summed E-state index contributed by atoms with van der Waals surface area (Å²) < 4.78 is 6.51. The molecule has 8 aromatic carbocycles. The summed E-state index contributed by atoms with van der Waals surface area (Å²) in [5.41, 5.74) is 8.98. The molecule has 0 fully saturated rings. The van der Waals surface area contributed by atoms with Crippen molar-refractivity contribution in [2.45, 2.75) is 0 Å². The van der Waals surface area contributed by atoms with E-state index in [0.717, 1.165) is 60.7 Å². The fourth-order valence-electron chi connectivity index (χ4n) is 7.12. The molecule has 4 nitrogen and oxygen atoms in total. The van der Waals surface area contributed by atoms with E-state index < -0.39 is 0 Å². The van der Waals surface area contributed by atoms with Crippen molar-refractivity contribution in [1.29, 1.82) is 0 Å². The molecule has 0 saturated carbocycles. The highest BCUT2D eigenvalue weighted by atomic mass is 16.3. The van der Waals surface area contributed by atoms with Gasteiger partial charge in [-0.1, -0.05) is 140 Å². The van der Waals surface area contributed by atoms with Crippen LogP contribution in [0.2, 0.25) is 0 Å². The van der Waals surface area contributed by atoms with Crippen molar-refractivity contribution in [3.8, 4) is 56.4 Å². The third-order valence-electron chi connectivity index (χ3n) is 9.69. The van der Waals surface area contributed by atoms with Crippen LogP contribution in [0.25, 0.3) is 99.9 Å². The first-order valence-corrected chi connectivity index (χ1v) is 17.1. The lowest BCUT2D eigenvalue weighted by Gasteiger charge is -2.10. The number of hydrogen-bond acceptors (Lipinski definition) is 4. The second-order valence-corrected chi connectivity index (χ2v) is 12.9. The Hall–Kier alpha value is -6.91. The summed E-state index contributed by atoms with van der Waals surface area (Å²) in [6.45, 7) is 0. The lowest BCUT2D eigenvalue weighted by atomic mass is 9.96. The van der Waals surface area contributed by atoms with Gasteiger partial charge < -0.3 is 4.42 Å². The van der Waals surface area contributed by atoms with Crippen LogP contribution < -0.4 is 0 Å². The third-order valence-corrected chi connectivity index (χ3v) is 9.69. The second-order valence-electron chi connectivity index (χ2n) is 12.9. The van der Waals surface area contributed by atoms with Gasteiger partial charge in [-0.25, -0.2) is 15.0 Å². The number of fused-ring (bicyclic) bond motifs is 5. The van der Waals surface area contributed by atoms with Crippen molar-refractivity contribution in [2.24, 2.45) is 0 Å². The summed E-state index contributed by atoms with van der Waals surface area (Å²) >= 11 is 0. The Morgan fingerprint density at radius 3 is 1.59 bits per heavy atom. The topological polar surface area (TPSA) is 51.8 Å². The minimum absolute atomic E-state index is 0.623. The summed E-state index contributed by atoms with van der Waals surface area (Å²) in [4.78, 5) is 15.0. The highest BCUT2D eigenvalue weighted by Crippen LogP contribution is 2.39. The van der Waals surface area contributed by atoms with Gasteiger partial charge in [-0.05, 0) is 80.2 Å². The van der Waals surface area contributed by atoms with Crippen molar-refractivity contribution in [3.63, 3.8) is 0 Å². The van der Waals surface area contributed by atoms with Crippen molar-refractivity contribution < 1.29 is 4.42 Å². The molecule has 2 aromatic heterocycles. The lowest BCUT2D eigenvalue weighted by molar-refractivity contribution is 0.669. The van der Waals surface area contributed by atoms with Crippen LogP contribution in [0.15, 0.2) is 180 Å². The van der Waals surface area contributed by atoms with E-state index in [9.17, 15) is 0 Å². The van der Waals surface area contributed by atoms with Crippen molar-refractivity contribution in [2.75, 3.05) is 0 Å². The number of aromatic nitrogens is 3. The van der Waals surface area contributed by atoms with E-state index in [-0.39, 0.29) is 0 Å². The second kappa shape index (κ2) is 11.9. The largest absolute Gasteiger partial charge is 0.456 e. The van der Waals surface area contributed by atoms with Crippen molar-refractivity contribution >= 4 is 43.5 Å². The Labute approximate surface area is 294 Å². The van der Waals surface area contributed by atoms with Crippen LogP contribution in [0.4, 0.5) is 0 Å². The average Bonchev–Trinajstić information content (AvgIpc) is 3.59. The Kier molecular flexibility index (Phi) is 6.78. The summed E-state index contributed by atoms with van der Waals surface area (Å²) in [7, 11) is 0. The average molecular weight is 652 g/mol. The Morgan fingerprint density at radius 2 is 0.843 bits per heavy atom. The van der Waals surface area contributed by atoms with E-state index in [2.05, 4.69) is 140 Å². The predicted octanol–water partition coefficient (Wildman–Crippen LogP) is 12.4. The van der Waals surface area contributed by atoms with Gasteiger partial charge in [-0.2, -0.15) is 0 Å². The fraction of sp³-hybridized carbons (Fsp3) is 0. The molecule has 0 saturated heterocycles. The number of benzene rings is 8. The zero-order valence-corrected chi connectivity index (χ0v) is 27.5. The molecule has 238 valence electrons. The van der Waals surface area contributed by atoms with Gasteiger partial charge >= 0.3 is 0 Å². The number of nitrogens with zero attached hydrogens (tertiary/aromatic N) is 3. The quantitative estimate of drug-likeness (QED) is 0.186. The maximum Gasteiger partial charge on any atom is 0.164 e. The molecule has 0 atom stereocenters. The predicted molar refractivity (Wildman–Crippen MR) is 209 cm³/mol. The van der Waals surface area contributed by atoms with Crippen LogP contribution >= 0.6 is 0 Å². The molecule has 0 spiro atoms. The minimum atomic E-state index is 0.623. The van der Waals surface area contributed by atoms with Gasteiger partial charge in [0.1, 0.15) is 11.2 Å². The molecule has 0 amide bonds. The molecule has 51 heavy (non-hydrogen) atoms. The lowest BCUT2D eigenvalue weighted by Crippen LogP contribution is -2.00. The summed E-state index contributed by atoms with van der Waals surface area (Å²) in [6, 6.07) is 61.1. The van der Waals surface area contributed by atoms with E-state index in [1.54, 1.807) is 0 Å².